The van der Waals surface area contributed by atoms with Crippen LogP contribution in [0.1, 0.15) is 6.92 Å². The van der Waals surface area contributed by atoms with Gasteiger partial charge in [0.2, 0.25) is 0 Å². The smallest absolute Gasteiger partial charge is 0.253 e. The number of ether oxygens (including phenoxy) is 1. The molecule has 1 amide bonds. The van der Waals surface area contributed by atoms with Crippen LogP contribution in [0, 0.1) is 0 Å². The van der Waals surface area contributed by atoms with Gasteiger partial charge in [-0.3, -0.25) is 4.79 Å². The van der Waals surface area contributed by atoms with Crippen molar-refractivity contribution in [2.45, 2.75) is 13.0 Å². The van der Waals surface area contributed by atoms with Gasteiger partial charge < -0.3 is 15.0 Å². The second-order valence-electron chi connectivity index (χ2n) is 3.62. The number of hydrogen-bond donors (Lipinski definition) is 2. The summed E-state index contributed by atoms with van der Waals surface area (Å²) in [5.41, 5.74) is 1.43. The van der Waals surface area contributed by atoms with Crippen molar-refractivity contribution in [3.63, 3.8) is 0 Å². The van der Waals surface area contributed by atoms with Gasteiger partial charge in [0, 0.05) is 29.4 Å². The van der Waals surface area contributed by atoms with Crippen molar-refractivity contribution >= 4 is 38.6 Å². The number of aromatic nitrogens is 2. The third kappa shape index (κ3) is 2.48. The molecule has 0 saturated carbocycles. The zero-order valence-corrected chi connectivity index (χ0v) is 11.0. The molecule has 17 heavy (non-hydrogen) atoms. The van der Waals surface area contributed by atoms with Gasteiger partial charge >= 0.3 is 0 Å². The van der Waals surface area contributed by atoms with E-state index in [1.807, 2.05) is 6.07 Å². The van der Waals surface area contributed by atoms with Crippen LogP contribution in [0.25, 0.3) is 11.0 Å². The lowest BCUT2D eigenvalue weighted by atomic mass is 10.3. The van der Waals surface area contributed by atoms with E-state index in [4.69, 9.17) is 4.74 Å². The Labute approximate surface area is 107 Å². The second kappa shape index (κ2) is 4.85. The predicted molar refractivity (Wildman–Crippen MR) is 68.9 cm³/mol. The van der Waals surface area contributed by atoms with Crippen molar-refractivity contribution in [3.05, 3.63) is 22.9 Å². The largest absolute Gasteiger partial charge is 0.372 e. The number of rotatable bonds is 3. The lowest BCUT2D eigenvalue weighted by Crippen LogP contribution is -2.26. The molecule has 2 aromatic heterocycles. The van der Waals surface area contributed by atoms with E-state index in [2.05, 4.69) is 31.2 Å². The van der Waals surface area contributed by atoms with Gasteiger partial charge in [-0.15, -0.1) is 0 Å². The van der Waals surface area contributed by atoms with E-state index < -0.39 is 6.10 Å². The summed E-state index contributed by atoms with van der Waals surface area (Å²) >= 11 is 3.35. The topological polar surface area (TPSA) is 67.0 Å². The number of methoxy groups -OCH3 is 1. The second-order valence-corrected chi connectivity index (χ2v) is 4.53. The van der Waals surface area contributed by atoms with Crippen LogP contribution < -0.4 is 5.32 Å². The fourth-order valence-electron chi connectivity index (χ4n) is 1.42. The maximum Gasteiger partial charge on any atom is 0.253 e. The average Bonchev–Trinajstić information content (AvgIpc) is 2.71. The van der Waals surface area contributed by atoms with Crippen LogP contribution in [0.4, 0.5) is 5.69 Å². The molecule has 0 spiro atoms. The predicted octanol–water partition coefficient (Wildman–Crippen LogP) is 2.30. The molecule has 0 aliphatic heterocycles. The van der Waals surface area contributed by atoms with E-state index in [0.29, 0.717) is 5.69 Å². The third-order valence-electron chi connectivity index (χ3n) is 2.48. The van der Waals surface area contributed by atoms with Gasteiger partial charge in [-0.2, -0.15) is 0 Å². The zero-order chi connectivity index (χ0) is 12.4. The van der Waals surface area contributed by atoms with E-state index in [0.717, 1.165) is 15.5 Å². The highest BCUT2D eigenvalue weighted by atomic mass is 79.9. The molecule has 0 unspecified atom stereocenters. The van der Waals surface area contributed by atoms with Crippen LogP contribution in [-0.2, 0) is 9.53 Å². The lowest BCUT2D eigenvalue weighted by Gasteiger charge is -2.09. The average molecular weight is 298 g/mol. The molecule has 6 heteroatoms. The van der Waals surface area contributed by atoms with Crippen LogP contribution in [0.3, 0.4) is 0 Å². The number of carbonyl (C=O) groups is 1. The number of nitrogens with zero attached hydrogens (tertiary/aromatic N) is 1. The molecule has 2 N–H and O–H groups in total. The SMILES string of the molecule is CO[C@@H](C)C(=O)Nc1c[nH]c2ncc(Br)cc12. The van der Waals surface area contributed by atoms with E-state index in [1.165, 1.54) is 7.11 Å². The zero-order valence-electron chi connectivity index (χ0n) is 9.45. The number of halogens is 1. The maximum absolute atomic E-state index is 11.7. The van der Waals surface area contributed by atoms with Crippen molar-refractivity contribution in [2.24, 2.45) is 0 Å². The van der Waals surface area contributed by atoms with Gasteiger partial charge in [-0.1, -0.05) is 0 Å². The Bertz CT molecular complexity index is 553. The molecule has 1 atom stereocenters. The van der Waals surface area contributed by atoms with Crippen LogP contribution in [-0.4, -0.2) is 29.1 Å². The van der Waals surface area contributed by atoms with E-state index in [-0.39, 0.29) is 5.91 Å². The van der Waals surface area contributed by atoms with Crippen LogP contribution >= 0.6 is 15.9 Å². The van der Waals surface area contributed by atoms with Crippen molar-refractivity contribution < 1.29 is 9.53 Å². The quantitative estimate of drug-likeness (QED) is 0.913. The normalized spacial score (nSPS) is 12.6. The number of anilines is 1. The molecule has 0 saturated heterocycles. The molecule has 5 nitrogen and oxygen atoms in total. The first-order chi connectivity index (χ1) is 8.11. The van der Waals surface area contributed by atoms with E-state index >= 15 is 0 Å². The molecular weight excluding hydrogens is 286 g/mol. The van der Waals surface area contributed by atoms with Gasteiger partial charge in [0.1, 0.15) is 11.8 Å². The Kier molecular flexibility index (Phi) is 3.44. The van der Waals surface area contributed by atoms with Gasteiger partial charge in [0.05, 0.1) is 5.69 Å². The van der Waals surface area contributed by atoms with E-state index in [1.54, 1.807) is 19.3 Å². The van der Waals surface area contributed by atoms with Crippen LogP contribution in [0.5, 0.6) is 0 Å². The molecule has 0 aliphatic carbocycles. The molecule has 0 radical (unpaired) electrons. The molecule has 0 aromatic carbocycles. The molecule has 2 aromatic rings. The van der Waals surface area contributed by atoms with Gasteiger partial charge in [0.25, 0.3) is 5.91 Å². The number of hydrogen-bond acceptors (Lipinski definition) is 3. The van der Waals surface area contributed by atoms with E-state index in [9.17, 15) is 4.79 Å². The third-order valence-corrected chi connectivity index (χ3v) is 2.91. The Morgan fingerprint density at radius 3 is 3.12 bits per heavy atom. The summed E-state index contributed by atoms with van der Waals surface area (Å²) in [5.74, 6) is -0.187. The highest BCUT2D eigenvalue weighted by molar-refractivity contribution is 9.10. The molecule has 0 fully saturated rings. The number of amides is 1. The number of carbonyl (C=O) groups excluding carboxylic acids is 1. The van der Waals surface area contributed by atoms with Crippen LogP contribution in [0.2, 0.25) is 0 Å². The molecule has 90 valence electrons. The molecule has 0 aliphatic rings. The fourth-order valence-corrected chi connectivity index (χ4v) is 1.75. The Balaban J connectivity index is 2.30. The monoisotopic (exact) mass is 297 g/mol. The standard InChI is InChI=1S/C11H12BrN3O2/c1-6(17-2)11(16)15-9-5-14-10-8(9)3-7(12)4-13-10/h3-6H,1-2H3,(H,13,14)(H,15,16)/t6-/m0/s1. The van der Waals surface area contributed by atoms with Crippen molar-refractivity contribution in [2.75, 3.05) is 12.4 Å². The first-order valence-electron chi connectivity index (χ1n) is 5.08. The highest BCUT2D eigenvalue weighted by Gasteiger charge is 2.14. The summed E-state index contributed by atoms with van der Waals surface area (Å²) in [4.78, 5) is 18.9. The summed E-state index contributed by atoms with van der Waals surface area (Å²) in [6, 6.07) is 1.89. The summed E-state index contributed by atoms with van der Waals surface area (Å²) in [5, 5.41) is 3.64. The summed E-state index contributed by atoms with van der Waals surface area (Å²) in [7, 11) is 1.50. The molecule has 2 rings (SSSR count). The van der Waals surface area contributed by atoms with Gasteiger partial charge in [-0.25, -0.2) is 4.98 Å². The number of nitrogens with one attached hydrogen (secondary N) is 2. The first kappa shape index (κ1) is 12.1. The Hall–Kier alpha value is -1.40. The van der Waals surface area contributed by atoms with Gasteiger partial charge in [0.15, 0.2) is 0 Å². The number of aromatic amines is 1. The lowest BCUT2D eigenvalue weighted by molar-refractivity contribution is -0.124. The van der Waals surface area contributed by atoms with Crippen molar-refractivity contribution in [3.8, 4) is 0 Å². The summed E-state index contributed by atoms with van der Waals surface area (Å²) in [6.07, 6.45) is 2.92. The number of fused-ring (bicyclic) bond motifs is 1. The summed E-state index contributed by atoms with van der Waals surface area (Å²) < 4.78 is 5.81. The van der Waals surface area contributed by atoms with Crippen LogP contribution in [0.15, 0.2) is 22.9 Å². The molecule has 2 heterocycles. The number of H-pyrrole nitrogens is 1. The fraction of sp³-hybridized carbons (Fsp3) is 0.273. The maximum atomic E-state index is 11.7. The minimum atomic E-state index is -0.486. The summed E-state index contributed by atoms with van der Waals surface area (Å²) in [6.45, 7) is 1.69. The van der Waals surface area contributed by atoms with Crippen molar-refractivity contribution in [1.82, 2.24) is 9.97 Å². The Morgan fingerprint density at radius 2 is 2.41 bits per heavy atom. The first-order valence-corrected chi connectivity index (χ1v) is 5.87. The Morgan fingerprint density at radius 1 is 1.65 bits per heavy atom. The van der Waals surface area contributed by atoms with Gasteiger partial charge in [-0.05, 0) is 28.9 Å². The number of pyridine rings is 1. The van der Waals surface area contributed by atoms with Crippen molar-refractivity contribution in [1.29, 1.82) is 0 Å². The molecular formula is C11H12BrN3O2. The molecule has 0 bridgehead atoms. The highest BCUT2D eigenvalue weighted by Crippen LogP contribution is 2.24. The minimum absolute atomic E-state index is 0.187. The minimum Gasteiger partial charge on any atom is -0.372 e.